The van der Waals surface area contributed by atoms with Crippen molar-refractivity contribution in [3.05, 3.63) is 0 Å². The molecule has 1 rings (SSSR count). The Morgan fingerprint density at radius 2 is 2.11 bits per heavy atom. The summed E-state index contributed by atoms with van der Waals surface area (Å²) in [6.07, 6.45) is 0. The van der Waals surface area contributed by atoms with Gasteiger partial charge in [0.1, 0.15) is 12.1 Å². The zero-order chi connectivity index (χ0) is 14.1. The van der Waals surface area contributed by atoms with Crippen LogP contribution in [0.3, 0.4) is 0 Å². The molecule has 6 nitrogen and oxygen atoms in total. The topological polar surface area (TPSA) is 81.1 Å². The molecule has 0 bridgehead atoms. The Labute approximate surface area is 114 Å². The first-order valence-corrected chi connectivity index (χ1v) is 7.75. The van der Waals surface area contributed by atoms with Crippen molar-refractivity contribution >= 4 is 33.3 Å². The van der Waals surface area contributed by atoms with Crippen LogP contribution in [-0.2, 0) is 9.59 Å². The molecule has 18 heavy (non-hydrogen) atoms. The average molecular weight is 294 g/mol. The Kier molecular flexibility index (Phi) is 5.07. The largest absolute Gasteiger partial charge is 0.313 e. The second-order valence-corrected chi connectivity index (χ2v) is 7.75. The lowest BCUT2D eigenvalue weighted by molar-refractivity contribution is -0.196. The number of ketones is 1. The molecule has 2 N–H and O–H groups in total. The third kappa shape index (κ3) is 3.18. The van der Waals surface area contributed by atoms with Gasteiger partial charge in [0.25, 0.3) is 5.91 Å². The van der Waals surface area contributed by atoms with Crippen LogP contribution in [0, 0.1) is 0 Å². The zero-order valence-corrected chi connectivity index (χ0v) is 12.4. The second kappa shape index (κ2) is 5.79. The zero-order valence-electron chi connectivity index (χ0n) is 10.8. The Balaban J connectivity index is 3.07. The highest BCUT2D eigenvalue weighted by molar-refractivity contribution is 8.77. The van der Waals surface area contributed by atoms with E-state index in [2.05, 4.69) is 0 Å². The standard InChI is InChI=1S/C10H18N2O4S2/c1-6(13)8-10(2,3)18-17-5-7(11(4)15)9(14)12(8)16/h7-8,15-16H,5H2,1-4H3/t7-,8+/m0/s1. The van der Waals surface area contributed by atoms with Crippen LogP contribution in [0.5, 0.6) is 0 Å². The van der Waals surface area contributed by atoms with E-state index in [-0.39, 0.29) is 5.78 Å². The predicted octanol–water partition coefficient (Wildman–Crippen LogP) is 1.03. The van der Waals surface area contributed by atoms with Gasteiger partial charge in [0, 0.05) is 12.8 Å². The van der Waals surface area contributed by atoms with E-state index in [0.29, 0.717) is 10.8 Å². The monoisotopic (exact) mass is 294 g/mol. The maximum absolute atomic E-state index is 12.0. The van der Waals surface area contributed by atoms with Gasteiger partial charge in [0.2, 0.25) is 0 Å². The molecular weight excluding hydrogens is 276 g/mol. The van der Waals surface area contributed by atoms with E-state index in [9.17, 15) is 20.0 Å². The predicted molar refractivity (Wildman–Crippen MR) is 70.6 cm³/mol. The molecule has 1 saturated heterocycles. The van der Waals surface area contributed by atoms with Crippen molar-refractivity contribution in [2.75, 3.05) is 12.8 Å². The second-order valence-electron chi connectivity index (χ2n) is 4.76. The number of hydrogen-bond donors (Lipinski definition) is 2. The number of carbonyl (C=O) groups is 2. The van der Waals surface area contributed by atoms with Gasteiger partial charge in [-0.15, -0.1) is 0 Å². The molecule has 1 fully saturated rings. The SMILES string of the molecule is CC(=O)[C@H]1N(O)C(=O)[C@@H](N(C)O)CSSC1(C)C. The molecule has 1 aliphatic heterocycles. The Morgan fingerprint density at radius 3 is 2.56 bits per heavy atom. The van der Waals surface area contributed by atoms with E-state index in [1.54, 1.807) is 13.8 Å². The minimum atomic E-state index is -0.926. The number of rotatable bonds is 2. The highest BCUT2D eigenvalue weighted by Crippen LogP contribution is 2.42. The van der Waals surface area contributed by atoms with E-state index in [1.807, 2.05) is 0 Å². The van der Waals surface area contributed by atoms with E-state index in [0.717, 1.165) is 5.06 Å². The lowest BCUT2D eigenvalue weighted by Crippen LogP contribution is -2.58. The number of likely N-dealkylation sites (N-methyl/N-ethyl adjacent to an activating group) is 1. The molecular formula is C10H18N2O4S2. The van der Waals surface area contributed by atoms with Crippen LogP contribution in [0.15, 0.2) is 0 Å². The van der Waals surface area contributed by atoms with E-state index >= 15 is 0 Å². The van der Waals surface area contributed by atoms with Crippen LogP contribution in [0.25, 0.3) is 0 Å². The van der Waals surface area contributed by atoms with Crippen molar-refractivity contribution in [1.29, 1.82) is 0 Å². The molecule has 8 heteroatoms. The van der Waals surface area contributed by atoms with Crippen molar-refractivity contribution in [3.63, 3.8) is 0 Å². The van der Waals surface area contributed by atoms with Gasteiger partial charge in [0.05, 0.1) is 4.75 Å². The Morgan fingerprint density at radius 1 is 1.56 bits per heavy atom. The lowest BCUT2D eigenvalue weighted by Gasteiger charge is -2.40. The number of carbonyl (C=O) groups excluding carboxylic acids is 2. The number of hydroxylamine groups is 4. The van der Waals surface area contributed by atoms with Gasteiger partial charge in [0.15, 0.2) is 5.78 Å². The summed E-state index contributed by atoms with van der Waals surface area (Å²) in [4.78, 5) is 23.7. The van der Waals surface area contributed by atoms with Crippen LogP contribution in [-0.4, -0.2) is 61.9 Å². The maximum atomic E-state index is 12.0. The average Bonchev–Trinajstić information content (AvgIpc) is 2.20. The highest BCUT2D eigenvalue weighted by atomic mass is 33.1. The third-order valence-electron chi connectivity index (χ3n) is 2.75. The molecule has 0 aromatic rings. The minimum absolute atomic E-state index is 0.287. The number of nitrogens with zero attached hydrogens (tertiary/aromatic N) is 2. The van der Waals surface area contributed by atoms with Gasteiger partial charge < -0.3 is 5.21 Å². The molecule has 1 amide bonds. The summed E-state index contributed by atoms with van der Waals surface area (Å²) in [5, 5.41) is 20.6. The van der Waals surface area contributed by atoms with Gasteiger partial charge in [-0.3, -0.25) is 14.8 Å². The molecule has 0 aromatic carbocycles. The van der Waals surface area contributed by atoms with Crippen LogP contribution >= 0.6 is 21.6 Å². The fraction of sp³-hybridized carbons (Fsp3) is 0.800. The van der Waals surface area contributed by atoms with Gasteiger partial charge in [-0.05, 0) is 20.8 Å². The van der Waals surface area contributed by atoms with Crippen LogP contribution in [0.4, 0.5) is 0 Å². The first-order valence-electron chi connectivity index (χ1n) is 5.43. The van der Waals surface area contributed by atoms with Crippen LogP contribution in [0.2, 0.25) is 0 Å². The summed E-state index contributed by atoms with van der Waals surface area (Å²) in [5.74, 6) is -0.618. The van der Waals surface area contributed by atoms with Crippen molar-refractivity contribution < 1.29 is 20.0 Å². The van der Waals surface area contributed by atoms with Crippen LogP contribution < -0.4 is 0 Å². The van der Waals surface area contributed by atoms with Crippen molar-refractivity contribution in [3.8, 4) is 0 Å². The first kappa shape index (κ1) is 15.8. The van der Waals surface area contributed by atoms with E-state index in [1.165, 1.54) is 35.6 Å². The lowest BCUT2D eigenvalue weighted by atomic mass is 9.98. The minimum Gasteiger partial charge on any atom is -0.313 e. The van der Waals surface area contributed by atoms with Gasteiger partial charge in [-0.2, -0.15) is 5.06 Å². The van der Waals surface area contributed by atoms with E-state index < -0.39 is 22.7 Å². The number of amides is 1. The smallest absolute Gasteiger partial charge is 0.267 e. The summed E-state index contributed by atoms with van der Waals surface area (Å²) in [5.41, 5.74) is 0. The number of Topliss-reactive ketones (excluding diaryl/α,β-unsaturated/α-hetero) is 1. The molecule has 1 aliphatic rings. The normalized spacial score (nSPS) is 29.1. The first-order chi connectivity index (χ1) is 8.18. The Hall–Kier alpha value is -0.280. The highest BCUT2D eigenvalue weighted by Gasteiger charge is 2.45. The van der Waals surface area contributed by atoms with E-state index in [4.69, 9.17) is 0 Å². The quantitative estimate of drug-likeness (QED) is 0.447. The number of hydrogen-bond acceptors (Lipinski definition) is 7. The summed E-state index contributed by atoms with van der Waals surface area (Å²) < 4.78 is -0.597. The molecule has 2 atom stereocenters. The van der Waals surface area contributed by atoms with Crippen molar-refractivity contribution in [2.45, 2.75) is 37.6 Å². The maximum Gasteiger partial charge on any atom is 0.267 e. The molecule has 0 aromatic heterocycles. The summed E-state index contributed by atoms with van der Waals surface area (Å²) in [6, 6.07) is -1.78. The fourth-order valence-corrected chi connectivity index (χ4v) is 4.86. The molecule has 0 aliphatic carbocycles. The third-order valence-corrected chi connectivity index (χ3v) is 6.02. The summed E-state index contributed by atoms with van der Waals surface area (Å²) >= 11 is 0. The van der Waals surface area contributed by atoms with Gasteiger partial charge in [-0.25, -0.2) is 5.06 Å². The molecule has 0 unspecified atom stereocenters. The Bertz CT molecular complexity index is 349. The molecule has 0 saturated carbocycles. The summed E-state index contributed by atoms with van der Waals surface area (Å²) in [6.45, 7) is 4.94. The van der Waals surface area contributed by atoms with Crippen LogP contribution in [0.1, 0.15) is 20.8 Å². The van der Waals surface area contributed by atoms with Crippen molar-refractivity contribution in [1.82, 2.24) is 10.1 Å². The summed E-state index contributed by atoms with van der Waals surface area (Å²) in [7, 11) is 4.17. The van der Waals surface area contributed by atoms with Crippen molar-refractivity contribution in [2.24, 2.45) is 0 Å². The molecule has 104 valence electrons. The molecule has 1 heterocycles. The van der Waals surface area contributed by atoms with Gasteiger partial charge >= 0.3 is 0 Å². The van der Waals surface area contributed by atoms with Gasteiger partial charge in [-0.1, -0.05) is 21.6 Å². The molecule has 0 spiro atoms. The fourth-order valence-electron chi connectivity index (χ4n) is 1.87. The molecule has 0 radical (unpaired) electrons.